The molecule has 7 nitrogen and oxygen atoms in total. The number of nitrogens with zero attached hydrogens (tertiary/aromatic N) is 4. The van der Waals surface area contributed by atoms with E-state index in [1.807, 2.05) is 16.7 Å². The fourth-order valence-electron chi connectivity index (χ4n) is 2.71. The second-order valence-corrected chi connectivity index (χ2v) is 6.68. The lowest BCUT2D eigenvalue weighted by atomic mass is 10.1. The van der Waals surface area contributed by atoms with Gasteiger partial charge in [-0.25, -0.2) is 15.0 Å². The minimum absolute atomic E-state index is 0.0391. The first-order valence-electron chi connectivity index (χ1n) is 8.44. The average Bonchev–Trinajstić information content (AvgIpc) is 3.29. The topological polar surface area (TPSA) is 98.7 Å². The van der Waals surface area contributed by atoms with Crippen LogP contribution in [0.25, 0.3) is 22.6 Å². The Morgan fingerprint density at radius 2 is 1.96 bits per heavy atom. The van der Waals surface area contributed by atoms with Crippen LogP contribution in [0, 0.1) is 0 Å². The summed E-state index contributed by atoms with van der Waals surface area (Å²) >= 11 is 0. The number of benzene rings is 1. The van der Waals surface area contributed by atoms with Crippen molar-refractivity contribution < 1.29 is 4.79 Å². The smallest absolute Gasteiger partial charge is 0.251 e. The Kier molecular flexibility index (Phi) is 3.63. The molecule has 1 aromatic carbocycles. The van der Waals surface area contributed by atoms with Crippen molar-refractivity contribution in [2.75, 3.05) is 5.73 Å². The largest absolute Gasteiger partial charge is 0.382 e. The molecule has 0 radical (unpaired) electrons. The van der Waals surface area contributed by atoms with Gasteiger partial charge in [-0.15, -0.1) is 0 Å². The molecule has 2 aromatic heterocycles. The number of aromatic nitrogens is 4. The fraction of sp³-hybridized carbons (Fsp3) is 0.333. The van der Waals surface area contributed by atoms with Crippen molar-refractivity contribution in [3.63, 3.8) is 0 Å². The number of amides is 1. The normalized spacial score (nSPS) is 14.2. The van der Waals surface area contributed by atoms with Gasteiger partial charge in [0.1, 0.15) is 5.52 Å². The quantitative estimate of drug-likeness (QED) is 0.763. The lowest BCUT2D eigenvalue weighted by molar-refractivity contribution is 0.0951. The maximum Gasteiger partial charge on any atom is 0.251 e. The molecule has 1 amide bonds. The molecule has 2 heterocycles. The summed E-state index contributed by atoms with van der Waals surface area (Å²) < 4.78 is 1.97. The summed E-state index contributed by atoms with van der Waals surface area (Å²) in [5.41, 5.74) is 8.83. The maximum absolute atomic E-state index is 12.1. The molecular formula is C18H20N6O. The number of imidazole rings is 1. The van der Waals surface area contributed by atoms with Crippen LogP contribution >= 0.6 is 0 Å². The standard InChI is InChI=1S/C18H20N6O/c1-10(2)24-9-20-14-15(19)22-16(23-17(14)24)11-3-5-12(6-4-11)18(25)21-13-7-8-13/h3-6,9-10,13H,7-8H2,1-2H3,(H,21,25)(H2,19,22,23). The molecule has 1 aliphatic rings. The first kappa shape index (κ1) is 15.6. The van der Waals surface area contributed by atoms with E-state index >= 15 is 0 Å². The van der Waals surface area contributed by atoms with Crippen molar-refractivity contribution in [3.8, 4) is 11.4 Å². The second-order valence-electron chi connectivity index (χ2n) is 6.68. The first-order chi connectivity index (χ1) is 12.0. The number of nitrogen functional groups attached to an aromatic ring is 1. The number of fused-ring (bicyclic) bond motifs is 1. The van der Waals surface area contributed by atoms with Gasteiger partial charge in [-0.3, -0.25) is 4.79 Å². The van der Waals surface area contributed by atoms with Crippen LogP contribution in [-0.4, -0.2) is 31.5 Å². The number of rotatable bonds is 4. The van der Waals surface area contributed by atoms with E-state index < -0.39 is 0 Å². The Morgan fingerprint density at radius 1 is 1.24 bits per heavy atom. The van der Waals surface area contributed by atoms with Gasteiger partial charge in [0.15, 0.2) is 17.3 Å². The predicted octanol–water partition coefficient (Wildman–Crippen LogP) is 2.55. The predicted molar refractivity (Wildman–Crippen MR) is 96.0 cm³/mol. The summed E-state index contributed by atoms with van der Waals surface area (Å²) in [7, 11) is 0. The third kappa shape index (κ3) is 2.93. The third-order valence-corrected chi connectivity index (χ3v) is 4.32. The van der Waals surface area contributed by atoms with E-state index in [0.29, 0.717) is 34.4 Å². The van der Waals surface area contributed by atoms with E-state index in [2.05, 4.69) is 34.1 Å². The van der Waals surface area contributed by atoms with Gasteiger partial charge in [0.05, 0.1) is 6.33 Å². The molecular weight excluding hydrogens is 316 g/mol. The number of carbonyl (C=O) groups is 1. The summed E-state index contributed by atoms with van der Waals surface area (Å²) in [5.74, 6) is 0.847. The average molecular weight is 336 g/mol. The number of anilines is 1. The van der Waals surface area contributed by atoms with E-state index in [1.54, 1.807) is 18.5 Å². The number of hydrogen-bond acceptors (Lipinski definition) is 5. The van der Waals surface area contributed by atoms with Crippen LogP contribution in [0.3, 0.4) is 0 Å². The molecule has 0 atom stereocenters. The van der Waals surface area contributed by atoms with Gasteiger partial charge >= 0.3 is 0 Å². The van der Waals surface area contributed by atoms with Crippen LogP contribution in [0.15, 0.2) is 30.6 Å². The molecule has 0 saturated heterocycles. The zero-order valence-electron chi connectivity index (χ0n) is 14.2. The molecule has 7 heteroatoms. The molecule has 0 bridgehead atoms. The van der Waals surface area contributed by atoms with Crippen molar-refractivity contribution in [1.29, 1.82) is 0 Å². The van der Waals surface area contributed by atoms with Crippen LogP contribution in [0.1, 0.15) is 43.1 Å². The summed E-state index contributed by atoms with van der Waals surface area (Å²) in [6, 6.07) is 7.83. The van der Waals surface area contributed by atoms with Crippen molar-refractivity contribution in [2.45, 2.75) is 38.8 Å². The lowest BCUT2D eigenvalue weighted by Gasteiger charge is -2.09. The SMILES string of the molecule is CC(C)n1cnc2c(N)nc(-c3ccc(C(=O)NC4CC4)cc3)nc21. The van der Waals surface area contributed by atoms with Crippen LogP contribution in [0.5, 0.6) is 0 Å². The molecule has 25 heavy (non-hydrogen) atoms. The van der Waals surface area contributed by atoms with E-state index in [9.17, 15) is 4.79 Å². The highest BCUT2D eigenvalue weighted by Gasteiger charge is 2.23. The van der Waals surface area contributed by atoms with Crippen molar-refractivity contribution in [3.05, 3.63) is 36.2 Å². The zero-order chi connectivity index (χ0) is 17.6. The molecule has 0 unspecified atom stereocenters. The minimum atomic E-state index is -0.0391. The molecule has 1 saturated carbocycles. The van der Waals surface area contributed by atoms with Gasteiger partial charge in [0.2, 0.25) is 0 Å². The number of hydrogen-bond donors (Lipinski definition) is 2. The van der Waals surface area contributed by atoms with E-state index in [4.69, 9.17) is 5.73 Å². The Morgan fingerprint density at radius 3 is 2.60 bits per heavy atom. The monoisotopic (exact) mass is 336 g/mol. The second kappa shape index (κ2) is 5.84. The Balaban J connectivity index is 1.68. The molecule has 128 valence electrons. The summed E-state index contributed by atoms with van der Waals surface area (Å²) in [6.45, 7) is 4.12. The third-order valence-electron chi connectivity index (χ3n) is 4.32. The van der Waals surface area contributed by atoms with Gasteiger partial charge < -0.3 is 15.6 Å². The molecule has 3 aromatic rings. The highest BCUT2D eigenvalue weighted by Crippen LogP contribution is 2.25. The molecule has 4 rings (SSSR count). The van der Waals surface area contributed by atoms with Crippen molar-refractivity contribution >= 4 is 22.9 Å². The fourth-order valence-corrected chi connectivity index (χ4v) is 2.71. The van der Waals surface area contributed by atoms with E-state index in [0.717, 1.165) is 18.4 Å². The summed E-state index contributed by atoms with van der Waals surface area (Å²) in [6.07, 6.45) is 3.87. The van der Waals surface area contributed by atoms with Crippen molar-refractivity contribution in [2.24, 2.45) is 0 Å². The Hall–Kier alpha value is -2.96. The summed E-state index contributed by atoms with van der Waals surface area (Å²) in [5, 5.41) is 2.98. The first-order valence-corrected chi connectivity index (χ1v) is 8.44. The van der Waals surface area contributed by atoms with Gasteiger partial charge in [-0.1, -0.05) is 12.1 Å². The molecule has 0 aliphatic heterocycles. The van der Waals surface area contributed by atoms with Gasteiger partial charge in [0.25, 0.3) is 5.91 Å². The van der Waals surface area contributed by atoms with E-state index in [-0.39, 0.29) is 11.9 Å². The van der Waals surface area contributed by atoms with Crippen LogP contribution in [0.4, 0.5) is 5.82 Å². The van der Waals surface area contributed by atoms with Crippen LogP contribution < -0.4 is 11.1 Å². The summed E-state index contributed by atoms with van der Waals surface area (Å²) in [4.78, 5) is 25.4. The highest BCUT2D eigenvalue weighted by atomic mass is 16.1. The lowest BCUT2D eigenvalue weighted by Crippen LogP contribution is -2.25. The number of nitrogens with two attached hydrogens (primary N) is 1. The Bertz CT molecular complexity index is 940. The number of carbonyl (C=O) groups excluding carboxylic acids is 1. The number of nitrogens with one attached hydrogen (secondary N) is 1. The van der Waals surface area contributed by atoms with Gasteiger partial charge in [0, 0.05) is 23.2 Å². The van der Waals surface area contributed by atoms with Crippen LogP contribution in [0.2, 0.25) is 0 Å². The minimum Gasteiger partial charge on any atom is -0.382 e. The van der Waals surface area contributed by atoms with Gasteiger partial charge in [-0.05, 0) is 38.8 Å². The molecule has 1 aliphatic carbocycles. The van der Waals surface area contributed by atoms with Crippen molar-refractivity contribution in [1.82, 2.24) is 24.8 Å². The molecule has 0 spiro atoms. The zero-order valence-corrected chi connectivity index (χ0v) is 14.2. The highest BCUT2D eigenvalue weighted by molar-refractivity contribution is 5.95. The Labute approximate surface area is 145 Å². The van der Waals surface area contributed by atoms with Crippen LogP contribution in [-0.2, 0) is 0 Å². The van der Waals surface area contributed by atoms with Gasteiger partial charge in [-0.2, -0.15) is 0 Å². The maximum atomic E-state index is 12.1. The van der Waals surface area contributed by atoms with E-state index in [1.165, 1.54) is 0 Å². The molecule has 1 fully saturated rings. The molecule has 3 N–H and O–H groups in total.